The molecular weight excluding hydrogens is 131 g/mol. The summed E-state index contributed by atoms with van der Waals surface area (Å²) in [7, 11) is 2.69. The zero-order valence-electron chi connectivity index (χ0n) is 5.69. The normalized spacial score (nSPS) is 36.7. The van der Waals surface area contributed by atoms with E-state index in [0.717, 1.165) is 19.1 Å². The smallest absolute Gasteiger partial charge is 0.0697 e. The van der Waals surface area contributed by atoms with Crippen molar-refractivity contribution in [2.24, 2.45) is 5.73 Å². The molecule has 1 aliphatic heterocycles. The summed E-state index contributed by atoms with van der Waals surface area (Å²) in [6.45, 7) is 1.09. The Morgan fingerprint density at radius 2 is 2.33 bits per heavy atom. The maximum Gasteiger partial charge on any atom is 0.0697 e. The van der Waals surface area contributed by atoms with Crippen molar-refractivity contribution >= 4 is 9.24 Å². The molecule has 1 heterocycles. The van der Waals surface area contributed by atoms with Crippen molar-refractivity contribution in [3.05, 3.63) is 0 Å². The fourth-order valence-electron chi connectivity index (χ4n) is 1.17. The van der Waals surface area contributed by atoms with Crippen molar-refractivity contribution in [2.45, 2.75) is 24.9 Å². The summed E-state index contributed by atoms with van der Waals surface area (Å²) < 4.78 is 0. The van der Waals surface area contributed by atoms with E-state index < -0.39 is 0 Å². The number of hydrogen-bond acceptors (Lipinski definition) is 2. The van der Waals surface area contributed by atoms with Crippen LogP contribution in [0.3, 0.4) is 0 Å². The van der Waals surface area contributed by atoms with Crippen LogP contribution in [0.25, 0.3) is 0 Å². The Morgan fingerprint density at radius 1 is 1.56 bits per heavy atom. The molecule has 0 radical (unpaired) electrons. The quantitative estimate of drug-likeness (QED) is 0.522. The van der Waals surface area contributed by atoms with Gasteiger partial charge in [0.1, 0.15) is 0 Å². The minimum atomic E-state index is -0.0666. The molecule has 2 nitrogen and oxygen atoms in total. The fourth-order valence-corrected chi connectivity index (χ4v) is 1.51. The lowest BCUT2D eigenvalue weighted by Crippen LogP contribution is -2.57. The maximum atomic E-state index is 5.93. The van der Waals surface area contributed by atoms with Crippen LogP contribution in [0.15, 0.2) is 0 Å². The Morgan fingerprint density at radius 3 is 2.67 bits per heavy atom. The summed E-state index contributed by atoms with van der Waals surface area (Å²) in [4.78, 5) is 0. The van der Waals surface area contributed by atoms with Crippen LogP contribution < -0.4 is 11.1 Å². The second kappa shape index (κ2) is 2.96. The molecule has 9 heavy (non-hydrogen) atoms. The van der Waals surface area contributed by atoms with Gasteiger partial charge >= 0.3 is 0 Å². The van der Waals surface area contributed by atoms with Crippen LogP contribution in [0.1, 0.15) is 19.3 Å². The van der Waals surface area contributed by atoms with Crippen LogP contribution in [-0.4, -0.2) is 18.4 Å². The number of nitrogens with two attached hydrogens (primary N) is 1. The highest BCUT2D eigenvalue weighted by atomic mass is 31.0. The highest BCUT2D eigenvalue weighted by Crippen LogP contribution is 2.15. The molecule has 3 N–H and O–H groups in total. The Balaban J connectivity index is 2.37. The van der Waals surface area contributed by atoms with Crippen molar-refractivity contribution in [3.63, 3.8) is 0 Å². The number of hydrogen-bond donors (Lipinski definition) is 2. The molecule has 0 bridgehead atoms. The predicted molar refractivity (Wildman–Crippen MR) is 43.3 cm³/mol. The first-order chi connectivity index (χ1) is 4.27. The molecule has 3 heteroatoms. The van der Waals surface area contributed by atoms with Gasteiger partial charge in [-0.2, -0.15) is 0 Å². The molecule has 1 rings (SSSR count). The van der Waals surface area contributed by atoms with Crippen molar-refractivity contribution in [1.29, 1.82) is 0 Å². The summed E-state index contributed by atoms with van der Waals surface area (Å²) in [6.07, 6.45) is 4.64. The van der Waals surface area contributed by atoms with Crippen LogP contribution in [-0.2, 0) is 0 Å². The molecule has 0 aliphatic carbocycles. The Labute approximate surface area is 58.8 Å². The lowest BCUT2D eigenvalue weighted by molar-refractivity contribution is 0.293. The summed E-state index contributed by atoms with van der Waals surface area (Å²) in [5, 5.41) is 3.30. The minimum absolute atomic E-state index is 0.0666. The van der Waals surface area contributed by atoms with Crippen molar-refractivity contribution < 1.29 is 0 Å². The highest BCUT2D eigenvalue weighted by Gasteiger charge is 2.23. The largest absolute Gasteiger partial charge is 0.313 e. The molecule has 0 amide bonds. The van der Waals surface area contributed by atoms with Crippen LogP contribution >= 0.6 is 9.24 Å². The van der Waals surface area contributed by atoms with Crippen LogP contribution in [0.4, 0.5) is 0 Å². The SMILES string of the molecule is NC1(CP)CCCCN1. The van der Waals surface area contributed by atoms with Crippen molar-refractivity contribution in [2.75, 3.05) is 12.7 Å². The predicted octanol–water partition coefficient (Wildman–Crippen LogP) is 0.290. The first kappa shape index (κ1) is 7.46. The lowest BCUT2D eigenvalue weighted by atomic mass is 10.0. The van der Waals surface area contributed by atoms with Gasteiger partial charge < -0.3 is 5.73 Å². The van der Waals surface area contributed by atoms with Gasteiger partial charge in [0.25, 0.3) is 0 Å². The molecule has 0 aromatic heterocycles. The number of piperidine rings is 1. The molecule has 1 saturated heterocycles. The molecule has 0 aromatic carbocycles. The van der Waals surface area contributed by atoms with E-state index in [1.165, 1.54) is 12.8 Å². The summed E-state index contributed by atoms with van der Waals surface area (Å²) in [5.41, 5.74) is 5.86. The Hall–Kier alpha value is 0.350. The zero-order chi connectivity index (χ0) is 6.74. The van der Waals surface area contributed by atoms with Gasteiger partial charge in [-0.25, -0.2) is 0 Å². The van der Waals surface area contributed by atoms with Gasteiger partial charge in [0.2, 0.25) is 0 Å². The molecule has 1 fully saturated rings. The van der Waals surface area contributed by atoms with Crippen LogP contribution in [0.5, 0.6) is 0 Å². The molecular formula is C6H15N2P. The fraction of sp³-hybridized carbons (Fsp3) is 1.00. The third kappa shape index (κ3) is 1.89. The van der Waals surface area contributed by atoms with E-state index in [4.69, 9.17) is 5.73 Å². The first-order valence-corrected chi connectivity index (χ1v) is 4.32. The highest BCUT2D eigenvalue weighted by molar-refractivity contribution is 7.16. The number of rotatable bonds is 1. The lowest BCUT2D eigenvalue weighted by Gasteiger charge is -2.33. The zero-order valence-corrected chi connectivity index (χ0v) is 6.84. The van der Waals surface area contributed by atoms with E-state index in [9.17, 15) is 0 Å². The van der Waals surface area contributed by atoms with Gasteiger partial charge in [0.15, 0.2) is 0 Å². The topological polar surface area (TPSA) is 38.0 Å². The average molecular weight is 146 g/mol. The second-order valence-corrected chi connectivity index (χ2v) is 3.15. The first-order valence-electron chi connectivity index (χ1n) is 3.51. The maximum absolute atomic E-state index is 5.93. The standard InChI is InChI=1S/C6H15N2P/c7-6(5-9)3-1-2-4-8-6/h8H,1-5,7,9H2. The van der Waals surface area contributed by atoms with Gasteiger partial charge in [-0.05, 0) is 32.0 Å². The average Bonchev–Trinajstić information content (AvgIpc) is 1.90. The molecule has 0 aromatic rings. The summed E-state index contributed by atoms with van der Waals surface area (Å²) in [5.74, 6) is 0. The second-order valence-electron chi connectivity index (χ2n) is 2.74. The molecule has 2 unspecified atom stereocenters. The van der Waals surface area contributed by atoms with Gasteiger partial charge in [-0.15, -0.1) is 9.24 Å². The third-order valence-electron chi connectivity index (χ3n) is 1.89. The van der Waals surface area contributed by atoms with Crippen LogP contribution in [0, 0.1) is 0 Å². The van der Waals surface area contributed by atoms with E-state index in [-0.39, 0.29) is 5.66 Å². The number of nitrogens with one attached hydrogen (secondary N) is 1. The van der Waals surface area contributed by atoms with Crippen LogP contribution in [0.2, 0.25) is 0 Å². The monoisotopic (exact) mass is 146 g/mol. The molecule has 54 valence electrons. The van der Waals surface area contributed by atoms with Gasteiger partial charge in [-0.1, -0.05) is 0 Å². The van der Waals surface area contributed by atoms with E-state index >= 15 is 0 Å². The van der Waals surface area contributed by atoms with E-state index in [1.54, 1.807) is 0 Å². The molecule has 1 aliphatic rings. The summed E-state index contributed by atoms with van der Waals surface area (Å²) in [6, 6.07) is 0. The molecule has 2 atom stereocenters. The summed E-state index contributed by atoms with van der Waals surface area (Å²) >= 11 is 0. The van der Waals surface area contributed by atoms with Gasteiger partial charge in [0, 0.05) is 0 Å². The van der Waals surface area contributed by atoms with E-state index in [2.05, 4.69) is 14.6 Å². The van der Waals surface area contributed by atoms with E-state index in [0.29, 0.717) is 0 Å². The van der Waals surface area contributed by atoms with Crippen molar-refractivity contribution in [3.8, 4) is 0 Å². The third-order valence-corrected chi connectivity index (χ3v) is 2.62. The van der Waals surface area contributed by atoms with E-state index in [1.807, 2.05) is 0 Å². The molecule has 0 spiro atoms. The van der Waals surface area contributed by atoms with Gasteiger partial charge in [0.05, 0.1) is 5.66 Å². The van der Waals surface area contributed by atoms with Crippen molar-refractivity contribution in [1.82, 2.24) is 5.32 Å². The Bertz CT molecular complexity index is 89.1. The molecule has 0 saturated carbocycles. The van der Waals surface area contributed by atoms with Gasteiger partial charge in [-0.3, -0.25) is 5.32 Å². The Kier molecular flexibility index (Phi) is 2.45. The minimum Gasteiger partial charge on any atom is -0.313 e.